The summed E-state index contributed by atoms with van der Waals surface area (Å²) >= 11 is 0. The summed E-state index contributed by atoms with van der Waals surface area (Å²) in [7, 11) is 0. The van der Waals surface area contributed by atoms with Crippen LogP contribution in [0.15, 0.2) is 22.7 Å². The van der Waals surface area contributed by atoms with Crippen LogP contribution in [0.1, 0.15) is 55.0 Å². The van der Waals surface area contributed by atoms with Crippen LogP contribution in [0, 0.1) is 0 Å². The number of rotatable bonds is 5. The molecular formula is C18H18F2N2O3. The zero-order chi connectivity index (χ0) is 17.4. The molecule has 1 unspecified atom stereocenters. The molecule has 0 amide bonds. The van der Waals surface area contributed by atoms with Gasteiger partial charge in [-0.3, -0.25) is 4.79 Å². The number of ketones is 1. The molecule has 25 heavy (non-hydrogen) atoms. The molecule has 2 atom stereocenters. The smallest absolute Gasteiger partial charge is 0.315 e. The first-order chi connectivity index (χ1) is 12.1. The lowest BCUT2D eigenvalue weighted by atomic mass is 9.92. The third-order valence-corrected chi connectivity index (χ3v) is 4.97. The number of hydrogen-bond donors (Lipinski definition) is 0. The minimum absolute atomic E-state index is 0.164. The second-order valence-electron chi connectivity index (χ2n) is 6.58. The number of fused-ring (bicyclic) bond motifs is 1. The van der Waals surface area contributed by atoms with Crippen LogP contribution in [0.3, 0.4) is 0 Å². The average Bonchev–Trinajstić information content (AvgIpc) is 3.35. The van der Waals surface area contributed by atoms with E-state index in [4.69, 9.17) is 4.74 Å². The Morgan fingerprint density at radius 3 is 2.92 bits per heavy atom. The Hall–Kier alpha value is -2.15. The summed E-state index contributed by atoms with van der Waals surface area (Å²) in [6, 6.07) is 5.66. The molecule has 1 saturated heterocycles. The summed E-state index contributed by atoms with van der Waals surface area (Å²) in [6.07, 6.45) is 1.01. The van der Waals surface area contributed by atoms with E-state index >= 15 is 0 Å². The van der Waals surface area contributed by atoms with E-state index in [1.807, 2.05) is 12.1 Å². The molecular weight excluding hydrogens is 330 g/mol. The fourth-order valence-electron chi connectivity index (χ4n) is 3.70. The third kappa shape index (κ3) is 3.20. The van der Waals surface area contributed by atoms with Gasteiger partial charge >= 0.3 is 6.43 Å². The predicted molar refractivity (Wildman–Crippen MR) is 84.4 cm³/mol. The summed E-state index contributed by atoms with van der Waals surface area (Å²) in [6.45, 7) is 0.673. The molecule has 2 aromatic rings. The van der Waals surface area contributed by atoms with Crippen molar-refractivity contribution < 1.29 is 22.8 Å². The van der Waals surface area contributed by atoms with Gasteiger partial charge in [0.05, 0.1) is 0 Å². The molecule has 0 N–H and O–H groups in total. The molecule has 5 nitrogen and oxygen atoms in total. The Kier molecular flexibility index (Phi) is 4.33. The first kappa shape index (κ1) is 16.3. The molecule has 4 rings (SSSR count). The Morgan fingerprint density at radius 1 is 1.32 bits per heavy atom. The number of Topliss-reactive ketones (excluding diaryl/α,β-unsaturated/α-hetero) is 1. The van der Waals surface area contributed by atoms with E-state index in [0.29, 0.717) is 18.6 Å². The van der Waals surface area contributed by atoms with Crippen LogP contribution < -0.4 is 0 Å². The molecule has 1 aliphatic heterocycles. The number of alkyl halides is 2. The van der Waals surface area contributed by atoms with Gasteiger partial charge in [0.1, 0.15) is 6.10 Å². The fourth-order valence-corrected chi connectivity index (χ4v) is 3.70. The van der Waals surface area contributed by atoms with Crippen LogP contribution in [0.25, 0.3) is 11.4 Å². The largest absolute Gasteiger partial charge is 0.370 e. The number of aromatic nitrogens is 2. The van der Waals surface area contributed by atoms with Crippen molar-refractivity contribution in [2.45, 2.75) is 50.6 Å². The van der Waals surface area contributed by atoms with Crippen molar-refractivity contribution >= 4 is 5.78 Å². The maximum atomic E-state index is 12.6. The lowest BCUT2D eigenvalue weighted by molar-refractivity contribution is -0.128. The monoisotopic (exact) mass is 348 g/mol. The van der Waals surface area contributed by atoms with E-state index < -0.39 is 12.3 Å². The molecule has 7 heteroatoms. The molecule has 0 radical (unpaired) electrons. The molecule has 1 aromatic heterocycles. The van der Waals surface area contributed by atoms with Crippen molar-refractivity contribution in [3.8, 4) is 11.4 Å². The summed E-state index contributed by atoms with van der Waals surface area (Å²) in [4.78, 5) is 16.1. The number of carbonyl (C=O) groups is 1. The lowest BCUT2D eigenvalue weighted by Crippen LogP contribution is -2.21. The van der Waals surface area contributed by atoms with Crippen LogP contribution in [0.5, 0.6) is 0 Å². The highest BCUT2D eigenvalue weighted by Crippen LogP contribution is 2.38. The van der Waals surface area contributed by atoms with Crippen molar-refractivity contribution in [1.29, 1.82) is 0 Å². The number of benzene rings is 1. The zero-order valence-electron chi connectivity index (χ0n) is 13.6. The van der Waals surface area contributed by atoms with Crippen molar-refractivity contribution in [1.82, 2.24) is 10.1 Å². The van der Waals surface area contributed by atoms with Gasteiger partial charge in [0.2, 0.25) is 5.82 Å². The van der Waals surface area contributed by atoms with Gasteiger partial charge < -0.3 is 9.26 Å². The maximum absolute atomic E-state index is 12.6. The highest BCUT2D eigenvalue weighted by Gasteiger charge is 2.30. The quantitative estimate of drug-likeness (QED) is 0.821. The second kappa shape index (κ2) is 6.63. The molecule has 1 aliphatic carbocycles. The van der Waals surface area contributed by atoms with Crippen LogP contribution in [0.2, 0.25) is 0 Å². The van der Waals surface area contributed by atoms with Gasteiger partial charge in [-0.1, -0.05) is 17.3 Å². The number of ether oxygens (including phenoxy) is 1. The molecule has 132 valence electrons. The third-order valence-electron chi connectivity index (χ3n) is 4.97. The topological polar surface area (TPSA) is 65.2 Å². The molecule has 1 aromatic carbocycles. The SMILES string of the molecule is O=C(C[C@@H]1CCc2cc(-c3noc(C(F)F)n3)ccc21)C1CCCO1. The van der Waals surface area contributed by atoms with E-state index in [2.05, 4.69) is 14.7 Å². The first-order valence-electron chi connectivity index (χ1n) is 8.51. The van der Waals surface area contributed by atoms with Gasteiger partial charge in [-0.15, -0.1) is 0 Å². The summed E-state index contributed by atoms with van der Waals surface area (Å²) in [5, 5.41) is 3.62. The van der Waals surface area contributed by atoms with Crippen molar-refractivity contribution in [3.63, 3.8) is 0 Å². The molecule has 0 bridgehead atoms. The number of carbonyl (C=O) groups excluding carboxylic acids is 1. The van der Waals surface area contributed by atoms with Crippen LogP contribution in [-0.4, -0.2) is 28.6 Å². The number of nitrogens with zero attached hydrogens (tertiary/aromatic N) is 2. The minimum atomic E-state index is -2.77. The predicted octanol–water partition coefficient (Wildman–Crippen LogP) is 3.84. The summed E-state index contributed by atoms with van der Waals surface area (Å²) in [5.74, 6) is -0.130. The average molecular weight is 348 g/mol. The van der Waals surface area contributed by atoms with Gasteiger partial charge in [-0.05, 0) is 48.8 Å². The van der Waals surface area contributed by atoms with Gasteiger partial charge in [0, 0.05) is 18.6 Å². The maximum Gasteiger partial charge on any atom is 0.315 e. The minimum Gasteiger partial charge on any atom is -0.370 e. The number of hydrogen-bond acceptors (Lipinski definition) is 5. The highest BCUT2D eigenvalue weighted by molar-refractivity contribution is 5.84. The molecule has 0 spiro atoms. The Balaban J connectivity index is 1.50. The van der Waals surface area contributed by atoms with E-state index in [9.17, 15) is 13.6 Å². The van der Waals surface area contributed by atoms with Crippen LogP contribution in [0.4, 0.5) is 8.78 Å². The van der Waals surface area contributed by atoms with E-state index in [1.54, 1.807) is 6.07 Å². The number of aryl methyl sites for hydroxylation is 1. The second-order valence-corrected chi connectivity index (χ2v) is 6.58. The Morgan fingerprint density at radius 2 is 2.20 bits per heavy atom. The molecule has 0 saturated carbocycles. The van der Waals surface area contributed by atoms with Gasteiger partial charge in [-0.25, -0.2) is 0 Å². The highest BCUT2D eigenvalue weighted by atomic mass is 19.3. The molecule has 1 fully saturated rings. The van der Waals surface area contributed by atoms with E-state index in [0.717, 1.165) is 36.8 Å². The van der Waals surface area contributed by atoms with Gasteiger partial charge in [0.15, 0.2) is 5.78 Å². The molecule has 2 heterocycles. The summed E-state index contributed by atoms with van der Waals surface area (Å²) in [5.41, 5.74) is 2.92. The standard InChI is InChI=1S/C18H18F2N2O3/c19-16(20)18-21-17(22-25-18)12-5-6-13-10(8-12)3-4-11(13)9-14(23)15-2-1-7-24-15/h5-6,8,11,15-16H,1-4,7,9H2/t11-,15?/m0/s1. The normalized spacial score (nSPS) is 22.5. The number of halogens is 2. The first-order valence-corrected chi connectivity index (χ1v) is 8.51. The van der Waals surface area contributed by atoms with Crippen molar-refractivity contribution in [2.24, 2.45) is 0 Å². The van der Waals surface area contributed by atoms with Crippen LogP contribution in [-0.2, 0) is 16.0 Å². The van der Waals surface area contributed by atoms with E-state index in [-0.39, 0.29) is 23.6 Å². The van der Waals surface area contributed by atoms with Gasteiger partial charge in [-0.2, -0.15) is 13.8 Å². The van der Waals surface area contributed by atoms with Crippen LogP contribution >= 0.6 is 0 Å². The van der Waals surface area contributed by atoms with Gasteiger partial charge in [0.25, 0.3) is 5.89 Å². The lowest BCUT2D eigenvalue weighted by Gasteiger charge is -2.14. The van der Waals surface area contributed by atoms with Crippen molar-refractivity contribution in [3.05, 3.63) is 35.2 Å². The molecule has 2 aliphatic rings. The Bertz CT molecular complexity index is 784. The van der Waals surface area contributed by atoms with Crippen molar-refractivity contribution in [2.75, 3.05) is 6.61 Å². The fraction of sp³-hybridized carbons (Fsp3) is 0.500. The zero-order valence-corrected chi connectivity index (χ0v) is 13.6. The Labute approximate surface area is 143 Å². The van der Waals surface area contributed by atoms with E-state index in [1.165, 1.54) is 0 Å². The summed E-state index contributed by atoms with van der Waals surface area (Å²) < 4.78 is 35.2.